The lowest BCUT2D eigenvalue weighted by atomic mass is 9.32. The lowest BCUT2D eigenvalue weighted by Crippen LogP contribution is -2.67. The van der Waals surface area contributed by atoms with Gasteiger partial charge in [-0.25, -0.2) is 0 Å². The summed E-state index contributed by atoms with van der Waals surface area (Å²) >= 11 is 0. The summed E-state index contributed by atoms with van der Waals surface area (Å²) in [6, 6.07) is 10.2. The number of esters is 1. The summed E-state index contributed by atoms with van der Waals surface area (Å²) < 4.78 is 6.17. The van der Waals surface area contributed by atoms with Gasteiger partial charge in [0.15, 0.2) is 0 Å². The molecule has 3 heteroatoms. The van der Waals surface area contributed by atoms with E-state index in [0.717, 1.165) is 44.1 Å². The van der Waals surface area contributed by atoms with Crippen molar-refractivity contribution in [2.45, 2.75) is 118 Å². The molecule has 5 fully saturated rings. The van der Waals surface area contributed by atoms with E-state index in [0.29, 0.717) is 36.2 Å². The Bertz CT molecular complexity index is 1160. The number of ether oxygens (including phenoxy) is 1. The Morgan fingerprint density at radius 1 is 0.875 bits per heavy atom. The second-order valence-electron chi connectivity index (χ2n) is 16.3. The Morgan fingerprint density at radius 3 is 2.30 bits per heavy atom. The summed E-state index contributed by atoms with van der Waals surface area (Å²) in [6.07, 6.45) is 10.9. The lowest BCUT2D eigenvalue weighted by Gasteiger charge is -2.72. The highest BCUT2D eigenvalue weighted by atomic mass is 16.5. The minimum atomic E-state index is -0.371. The maximum absolute atomic E-state index is 14.1. The Kier molecular flexibility index (Phi) is 6.73. The smallest absolute Gasteiger partial charge is 0.312 e. The summed E-state index contributed by atoms with van der Waals surface area (Å²) in [6.45, 7) is 19.6. The van der Waals surface area contributed by atoms with Crippen molar-refractivity contribution in [2.24, 2.45) is 56.7 Å². The van der Waals surface area contributed by atoms with Gasteiger partial charge in [0, 0.05) is 0 Å². The SMILES string of the molecule is C=C(C)[C@@H]1CC[C@]2(C(=O)OCc3ccccc3)CC[C@]3(C)C(CCC4[C@@]5(C)CC[C@@H](O)C(C)(C)C5CC[C@]43C)C12. The first-order valence-corrected chi connectivity index (χ1v) is 16.4. The fourth-order valence-electron chi connectivity index (χ4n) is 12.4. The zero-order valence-electron chi connectivity index (χ0n) is 26.1. The van der Waals surface area contributed by atoms with E-state index in [1.54, 1.807) is 0 Å². The molecule has 1 N–H and O–H groups in total. The van der Waals surface area contributed by atoms with Crippen LogP contribution in [0, 0.1) is 56.7 Å². The van der Waals surface area contributed by atoms with Crippen molar-refractivity contribution in [3.05, 3.63) is 48.0 Å². The van der Waals surface area contributed by atoms with Crippen LogP contribution >= 0.6 is 0 Å². The predicted octanol–water partition coefficient (Wildman–Crippen LogP) is 8.75. The minimum absolute atomic E-state index is 0.0210. The van der Waals surface area contributed by atoms with Gasteiger partial charge < -0.3 is 9.84 Å². The molecule has 6 rings (SSSR count). The van der Waals surface area contributed by atoms with Gasteiger partial charge in [-0.1, -0.05) is 77.1 Å². The van der Waals surface area contributed by atoms with Crippen LogP contribution in [0.15, 0.2) is 42.5 Å². The Labute approximate surface area is 243 Å². The van der Waals surface area contributed by atoms with E-state index < -0.39 is 0 Å². The van der Waals surface area contributed by atoms with Gasteiger partial charge >= 0.3 is 5.97 Å². The molecule has 0 bridgehead atoms. The maximum atomic E-state index is 14.1. The van der Waals surface area contributed by atoms with Crippen LogP contribution in [0.3, 0.4) is 0 Å². The van der Waals surface area contributed by atoms with Crippen molar-refractivity contribution in [1.82, 2.24) is 0 Å². The standard InChI is InChI=1S/C37H54O3/c1-24(2)26-15-20-37(32(39)40-23-25-11-9-8-10-12-25)22-21-35(6)27(31(26)37)13-14-29-34(5)18-17-30(38)33(3,4)28(34)16-19-36(29,35)7/h8-12,26-31,38H,1,13-23H2,2-7H3/t26-,27?,28?,29?,30+,31?,34-,35+,36+,37-/m0/s1. The van der Waals surface area contributed by atoms with Gasteiger partial charge in [0.25, 0.3) is 0 Å². The largest absolute Gasteiger partial charge is 0.460 e. The molecule has 0 aliphatic heterocycles. The number of rotatable bonds is 4. The molecule has 5 aliphatic rings. The van der Waals surface area contributed by atoms with Crippen LogP contribution in [0.4, 0.5) is 0 Å². The topological polar surface area (TPSA) is 46.5 Å². The van der Waals surface area contributed by atoms with Crippen LogP contribution in [0.2, 0.25) is 0 Å². The normalized spacial score (nSPS) is 47.3. The summed E-state index contributed by atoms with van der Waals surface area (Å²) in [4.78, 5) is 14.1. The Hall–Kier alpha value is -1.61. The molecule has 40 heavy (non-hydrogen) atoms. The summed E-state index contributed by atoms with van der Waals surface area (Å²) in [5.41, 5.74) is 2.67. The molecule has 3 nitrogen and oxygen atoms in total. The summed E-state index contributed by atoms with van der Waals surface area (Å²) in [7, 11) is 0. The zero-order valence-corrected chi connectivity index (χ0v) is 26.1. The monoisotopic (exact) mass is 546 g/mol. The maximum Gasteiger partial charge on any atom is 0.312 e. The number of aliphatic hydroxyl groups excluding tert-OH is 1. The number of hydrogen-bond acceptors (Lipinski definition) is 3. The van der Waals surface area contributed by atoms with Gasteiger partial charge in [-0.15, -0.1) is 0 Å². The van der Waals surface area contributed by atoms with Crippen molar-refractivity contribution in [3.8, 4) is 0 Å². The third-order valence-corrected chi connectivity index (χ3v) is 14.7. The van der Waals surface area contributed by atoms with Crippen molar-refractivity contribution < 1.29 is 14.6 Å². The van der Waals surface area contributed by atoms with Gasteiger partial charge in [0.2, 0.25) is 0 Å². The second-order valence-corrected chi connectivity index (χ2v) is 16.3. The van der Waals surface area contributed by atoms with Crippen LogP contribution in [0.1, 0.15) is 111 Å². The van der Waals surface area contributed by atoms with Crippen molar-refractivity contribution in [2.75, 3.05) is 0 Å². The van der Waals surface area contributed by atoms with Crippen LogP contribution < -0.4 is 0 Å². The van der Waals surface area contributed by atoms with Crippen molar-refractivity contribution >= 4 is 5.97 Å². The minimum Gasteiger partial charge on any atom is -0.460 e. The van der Waals surface area contributed by atoms with Crippen LogP contribution in [-0.4, -0.2) is 17.2 Å². The first kappa shape index (κ1) is 28.5. The molecule has 0 saturated heterocycles. The van der Waals surface area contributed by atoms with Crippen LogP contribution in [0.5, 0.6) is 0 Å². The zero-order chi connectivity index (χ0) is 28.7. The molecule has 0 heterocycles. The van der Waals surface area contributed by atoms with Crippen molar-refractivity contribution in [3.63, 3.8) is 0 Å². The van der Waals surface area contributed by atoms with E-state index >= 15 is 0 Å². The van der Waals surface area contributed by atoms with Gasteiger partial charge in [-0.3, -0.25) is 4.79 Å². The van der Waals surface area contributed by atoms with Crippen LogP contribution in [-0.2, 0) is 16.1 Å². The molecule has 4 unspecified atom stereocenters. The average Bonchev–Trinajstić information content (AvgIpc) is 3.32. The number of carbonyl (C=O) groups is 1. The molecule has 0 aromatic heterocycles. The van der Waals surface area contributed by atoms with Gasteiger partial charge in [0.1, 0.15) is 6.61 Å². The highest BCUT2D eigenvalue weighted by Gasteiger charge is 2.72. The lowest BCUT2D eigenvalue weighted by molar-refractivity contribution is -0.248. The van der Waals surface area contributed by atoms with E-state index in [9.17, 15) is 9.90 Å². The molecule has 1 aromatic rings. The van der Waals surface area contributed by atoms with E-state index in [2.05, 4.69) is 60.3 Å². The first-order chi connectivity index (χ1) is 18.8. The molecule has 0 amide bonds. The van der Waals surface area contributed by atoms with E-state index in [1.807, 2.05) is 18.2 Å². The van der Waals surface area contributed by atoms with Crippen LogP contribution in [0.25, 0.3) is 0 Å². The Morgan fingerprint density at radius 2 is 1.60 bits per heavy atom. The highest BCUT2D eigenvalue weighted by Crippen LogP contribution is 2.77. The first-order valence-electron chi connectivity index (χ1n) is 16.4. The number of aliphatic hydroxyl groups is 1. The molecular weight excluding hydrogens is 492 g/mol. The third kappa shape index (κ3) is 3.74. The quantitative estimate of drug-likeness (QED) is 0.303. The number of allylic oxidation sites excluding steroid dienone is 1. The molecule has 0 spiro atoms. The number of benzene rings is 1. The molecule has 1 aromatic carbocycles. The molecule has 220 valence electrons. The number of carbonyl (C=O) groups excluding carboxylic acids is 1. The third-order valence-electron chi connectivity index (χ3n) is 14.7. The molecule has 5 saturated carbocycles. The van der Waals surface area contributed by atoms with E-state index in [-0.39, 0.29) is 39.1 Å². The summed E-state index contributed by atoms with van der Waals surface area (Å²) in [5.74, 6) is 2.57. The molecule has 5 aliphatic carbocycles. The van der Waals surface area contributed by atoms with E-state index in [4.69, 9.17) is 4.74 Å². The average molecular weight is 547 g/mol. The number of hydrogen-bond donors (Lipinski definition) is 1. The molecule has 0 radical (unpaired) electrons. The molecule has 10 atom stereocenters. The molecular formula is C37H54O3. The van der Waals surface area contributed by atoms with E-state index in [1.165, 1.54) is 31.3 Å². The van der Waals surface area contributed by atoms with Gasteiger partial charge in [-0.05, 0) is 128 Å². The second kappa shape index (κ2) is 9.45. The fourth-order valence-corrected chi connectivity index (χ4v) is 12.4. The predicted molar refractivity (Wildman–Crippen MR) is 161 cm³/mol. The fraction of sp³-hybridized carbons (Fsp3) is 0.757. The van der Waals surface area contributed by atoms with Crippen molar-refractivity contribution in [1.29, 1.82) is 0 Å². The number of fused-ring (bicyclic) bond motifs is 7. The Balaban J connectivity index is 1.34. The van der Waals surface area contributed by atoms with Gasteiger partial charge in [-0.2, -0.15) is 0 Å². The summed E-state index contributed by atoms with van der Waals surface area (Å²) in [5, 5.41) is 11.0. The van der Waals surface area contributed by atoms with Gasteiger partial charge in [0.05, 0.1) is 11.5 Å². The highest BCUT2D eigenvalue weighted by molar-refractivity contribution is 5.78.